The molecular formula is C126H92N12S2. The monoisotopic (exact) mass is 1840 g/mol. The van der Waals surface area contributed by atoms with Crippen molar-refractivity contribution in [1.82, 2.24) is 50.5 Å². The summed E-state index contributed by atoms with van der Waals surface area (Å²) < 4.78 is 0. The normalized spacial score (nSPS) is 14.1. The fraction of sp³-hybridized carbons (Fsp3) is 0.0635. The van der Waals surface area contributed by atoms with Crippen LogP contribution in [0.1, 0.15) is 83.9 Å². The van der Waals surface area contributed by atoms with Gasteiger partial charge in [-0.3, -0.25) is 9.98 Å². The zero-order valence-electron chi connectivity index (χ0n) is 74.8. The second-order valence-corrected chi connectivity index (χ2v) is 36.9. The fourth-order valence-corrected chi connectivity index (χ4v) is 21.9. The number of hydrogen-bond donors (Lipinski definition) is 2. The van der Waals surface area contributed by atoms with E-state index in [0.29, 0.717) is 11.6 Å². The number of benzene rings is 14. The Morgan fingerprint density at radius 3 is 0.929 bits per heavy atom. The number of aliphatic imine (C=N–C) groups is 2. The Labute approximate surface area is 821 Å². The number of rotatable bonds is 16. The van der Waals surface area contributed by atoms with Crippen LogP contribution in [0, 0.1) is 0 Å². The minimum absolute atomic E-state index is 0. The molecule has 140 heavy (non-hydrogen) atoms. The molecule has 26 rings (SSSR count). The molecule has 10 heterocycles. The number of amidine groups is 2. The van der Waals surface area contributed by atoms with Crippen molar-refractivity contribution in [1.29, 1.82) is 0 Å². The quantitative estimate of drug-likeness (QED) is 0.0895. The highest BCUT2D eigenvalue weighted by Gasteiger charge is 2.38. The van der Waals surface area contributed by atoms with Crippen molar-refractivity contribution < 1.29 is 0 Å². The van der Waals surface area contributed by atoms with E-state index in [9.17, 15) is 0 Å². The third-order valence-corrected chi connectivity index (χ3v) is 28.7. The van der Waals surface area contributed by atoms with Crippen molar-refractivity contribution in [2.24, 2.45) is 9.98 Å². The van der Waals surface area contributed by atoms with Crippen LogP contribution in [0.4, 0.5) is 0 Å². The van der Waals surface area contributed by atoms with Gasteiger partial charge in [-0.05, 0) is 152 Å². The first kappa shape index (κ1) is 86.8. The summed E-state index contributed by atoms with van der Waals surface area (Å²) in [6.07, 6.45) is 3.45. The zero-order chi connectivity index (χ0) is 91.4. The molecule has 0 amide bonds. The minimum atomic E-state index is -0.208. The van der Waals surface area contributed by atoms with Gasteiger partial charge in [0.05, 0.1) is 72.9 Å². The van der Waals surface area contributed by atoms with E-state index in [1.165, 1.54) is 55.0 Å². The average molecular weight is 1840 g/mol. The smallest absolute Gasteiger partial charge is 0.160 e. The van der Waals surface area contributed by atoms with Crippen LogP contribution in [0.2, 0.25) is 0 Å². The number of fused-ring (bicyclic) bond motifs is 10. The highest BCUT2D eigenvalue weighted by Crippen LogP contribution is 2.52. The van der Waals surface area contributed by atoms with Crippen LogP contribution in [0.3, 0.4) is 0 Å². The summed E-state index contributed by atoms with van der Waals surface area (Å²) in [6.45, 7) is 0. The van der Waals surface area contributed by atoms with Crippen molar-refractivity contribution in [2.45, 2.75) is 52.6 Å². The minimum Gasteiger partial charge on any atom is -0.338 e. The summed E-state index contributed by atoms with van der Waals surface area (Å²) in [5.74, 6) is 2.97. The van der Waals surface area contributed by atoms with Gasteiger partial charge in [-0.25, -0.2) is 39.9 Å². The summed E-state index contributed by atoms with van der Waals surface area (Å²) in [4.78, 5) is 56.8. The van der Waals surface area contributed by atoms with Gasteiger partial charge < -0.3 is 10.6 Å². The van der Waals surface area contributed by atoms with Gasteiger partial charge >= 0.3 is 0 Å². The van der Waals surface area contributed by atoms with Gasteiger partial charge in [0.15, 0.2) is 11.6 Å². The first-order valence-electron chi connectivity index (χ1n) is 46.8. The molecule has 0 saturated carbocycles. The summed E-state index contributed by atoms with van der Waals surface area (Å²) >= 11 is 3.44. The van der Waals surface area contributed by atoms with Gasteiger partial charge in [0.25, 0.3) is 0 Å². The first-order valence-corrected chi connectivity index (χ1v) is 48.5. The van der Waals surface area contributed by atoms with Crippen molar-refractivity contribution in [3.8, 4) is 134 Å². The predicted molar refractivity (Wildman–Crippen MR) is 581 cm³/mol. The lowest BCUT2D eigenvalue weighted by Crippen LogP contribution is -2.33. The van der Waals surface area contributed by atoms with Gasteiger partial charge in [-0.1, -0.05) is 391 Å². The SMILES string of the molecule is C.C.c1ccc(-c2cc(-c3ccccc3)c3ccc4c(-c5csc(-c6nc(-c7ccccc7)nc7c6ccc6c(-c8ccccc8)cc(-c8ccccc8)nc67)c5)nc(-c5ccccc5)nc4c3n2)cc1.c1ccc(C2=NC(c3csc(C4N=C(c5ccccc5)NC5=C4CCc4c(-c6ccccc6)cc(-c6ccccc6)nc45)c3)C3=C(N2)c2nc(-c4ccccc4)cc(-c4ccccc4)c2CC3)cc1. The Balaban J connectivity index is 0.000000154. The molecule has 2 unspecified atom stereocenters. The van der Waals surface area contributed by atoms with Crippen molar-refractivity contribution in [3.05, 3.63) is 491 Å². The molecule has 2 N–H and O–H groups in total. The molecule has 2 aliphatic heterocycles. The second-order valence-electron chi connectivity index (χ2n) is 35.1. The summed E-state index contributed by atoms with van der Waals surface area (Å²) in [5.41, 5.74) is 37.4. The van der Waals surface area contributed by atoms with Gasteiger partial charge in [0, 0.05) is 81.9 Å². The van der Waals surface area contributed by atoms with Crippen LogP contribution in [0.15, 0.2) is 457 Å². The third-order valence-electron chi connectivity index (χ3n) is 26.7. The van der Waals surface area contributed by atoms with E-state index in [4.69, 9.17) is 49.9 Å². The first-order chi connectivity index (χ1) is 68.4. The van der Waals surface area contributed by atoms with Gasteiger partial charge in [0.2, 0.25) is 0 Å². The largest absolute Gasteiger partial charge is 0.338 e. The van der Waals surface area contributed by atoms with E-state index >= 15 is 0 Å². The lowest BCUT2D eigenvalue weighted by atomic mass is 9.81. The maximum atomic E-state index is 5.61. The van der Waals surface area contributed by atoms with Gasteiger partial charge in [0.1, 0.15) is 34.8 Å². The summed E-state index contributed by atoms with van der Waals surface area (Å²) in [6, 6.07) is 148. The van der Waals surface area contributed by atoms with E-state index < -0.39 is 0 Å². The van der Waals surface area contributed by atoms with Crippen LogP contribution in [0.25, 0.3) is 189 Å². The van der Waals surface area contributed by atoms with Crippen molar-refractivity contribution >= 4 is 89.4 Å². The molecule has 2 aliphatic carbocycles. The molecule has 668 valence electrons. The number of nitrogens with one attached hydrogen (secondary N) is 2. The topological polar surface area (TPSA) is 152 Å². The van der Waals surface area contributed by atoms with Crippen LogP contribution in [-0.2, 0) is 12.8 Å². The van der Waals surface area contributed by atoms with E-state index in [2.05, 4.69) is 398 Å². The lowest BCUT2D eigenvalue weighted by molar-refractivity contribution is 0.727. The molecule has 12 nitrogen and oxygen atoms in total. The Morgan fingerprint density at radius 2 is 0.536 bits per heavy atom. The van der Waals surface area contributed by atoms with Crippen LogP contribution in [0.5, 0.6) is 0 Å². The molecule has 0 saturated heterocycles. The molecule has 0 radical (unpaired) electrons. The number of pyridine rings is 4. The number of nitrogens with zero attached hydrogens (tertiary/aromatic N) is 10. The molecule has 0 bridgehead atoms. The average Bonchev–Trinajstić information content (AvgIpc) is 1.21. The van der Waals surface area contributed by atoms with Crippen LogP contribution in [-0.4, -0.2) is 51.5 Å². The molecule has 8 aromatic heterocycles. The molecule has 2 atom stereocenters. The summed E-state index contributed by atoms with van der Waals surface area (Å²) in [5, 5.41) is 16.2. The van der Waals surface area contributed by atoms with Crippen LogP contribution >= 0.6 is 22.7 Å². The van der Waals surface area contributed by atoms with E-state index in [-0.39, 0.29) is 26.9 Å². The molecule has 0 spiro atoms. The van der Waals surface area contributed by atoms with Crippen molar-refractivity contribution in [3.63, 3.8) is 0 Å². The molecule has 22 aromatic rings. The van der Waals surface area contributed by atoms with E-state index in [0.717, 1.165) is 215 Å². The Hall–Kier alpha value is -17.3. The van der Waals surface area contributed by atoms with Gasteiger partial charge in [-0.15, -0.1) is 22.7 Å². The Morgan fingerprint density at radius 1 is 0.229 bits per heavy atom. The number of aromatic nitrogens is 8. The highest BCUT2D eigenvalue weighted by atomic mass is 32.1. The second kappa shape index (κ2) is 37.8. The Kier molecular flexibility index (Phi) is 23.4. The Bertz CT molecular complexity index is 8070. The van der Waals surface area contributed by atoms with Crippen LogP contribution < -0.4 is 10.6 Å². The standard InChI is InChI=1S/C62H46N6S.C62H38N6S.2CH4/c2*1-7-19-39(20-8-1)50-36-52(41-23-11-3-12-24-41)63-57-46(50)31-33-48-55(65-61(67-59(48)57)43-27-15-5-16-28-43)45-35-54(69-38-45)56-49-34-32-47-51(40-21-9-2-10-22-40)37-53(42-25-13-4-14-26-42)64-58(47)60(49)68-62(66-56)44-29-17-6-18-30-44;;/h1-30,35-38,55-56H,31-34H2,(H,65,67)(H,66,68);1-38H;2*1H4. The number of thiophene rings is 2. The fourth-order valence-electron chi connectivity index (χ4n) is 20.0. The molecular weight excluding hydrogens is 1750 g/mol. The third kappa shape index (κ3) is 16.4. The van der Waals surface area contributed by atoms with Crippen molar-refractivity contribution in [2.75, 3.05) is 0 Å². The van der Waals surface area contributed by atoms with Gasteiger partial charge in [-0.2, -0.15) is 0 Å². The maximum absolute atomic E-state index is 5.61. The highest BCUT2D eigenvalue weighted by molar-refractivity contribution is 7.14. The maximum Gasteiger partial charge on any atom is 0.160 e. The summed E-state index contributed by atoms with van der Waals surface area (Å²) in [7, 11) is 0. The molecule has 4 aliphatic rings. The van der Waals surface area contributed by atoms with E-state index in [1.54, 1.807) is 22.7 Å². The molecule has 14 heteroatoms. The predicted octanol–water partition coefficient (Wildman–Crippen LogP) is 31.4. The molecule has 14 aromatic carbocycles. The number of hydrogen-bond acceptors (Lipinski definition) is 14. The zero-order valence-corrected chi connectivity index (χ0v) is 76.5. The molecule has 0 fully saturated rings. The lowest BCUT2D eigenvalue weighted by Gasteiger charge is -2.33. The van der Waals surface area contributed by atoms with E-state index in [1.807, 2.05) is 48.5 Å².